The number of ether oxygens (including phenoxy) is 1. The summed E-state index contributed by atoms with van der Waals surface area (Å²) in [4.78, 5) is 25.6. The number of rotatable bonds is 10. The number of benzene rings is 1. The lowest BCUT2D eigenvalue weighted by atomic mass is 9.97. The maximum atomic E-state index is 12.1. The second-order valence-corrected chi connectivity index (χ2v) is 8.99. The Morgan fingerprint density at radius 3 is 2.80 bits per heavy atom. The van der Waals surface area contributed by atoms with Crippen molar-refractivity contribution in [3.8, 4) is 5.75 Å². The molecule has 1 atom stereocenters. The second-order valence-electron chi connectivity index (χ2n) is 7.14. The van der Waals surface area contributed by atoms with Gasteiger partial charge < -0.3 is 20.7 Å². The van der Waals surface area contributed by atoms with E-state index >= 15 is 0 Å². The zero-order valence-corrected chi connectivity index (χ0v) is 18.2. The van der Waals surface area contributed by atoms with E-state index in [1.807, 2.05) is 0 Å². The summed E-state index contributed by atoms with van der Waals surface area (Å²) in [5, 5.41) is 2.81. The lowest BCUT2D eigenvalue weighted by Gasteiger charge is -2.31. The third kappa shape index (κ3) is 6.82. The molecule has 30 heavy (non-hydrogen) atoms. The molecule has 10 heteroatoms. The fraction of sp³-hybridized carbons (Fsp3) is 0.500. The number of methoxy groups -OCH3 is 1. The van der Waals surface area contributed by atoms with Gasteiger partial charge in [0.25, 0.3) is 0 Å². The first kappa shape index (κ1) is 23.8. The molecule has 0 spiro atoms. The van der Waals surface area contributed by atoms with Crippen molar-refractivity contribution in [3.05, 3.63) is 29.8 Å². The highest BCUT2D eigenvalue weighted by Gasteiger charge is 2.23. The van der Waals surface area contributed by atoms with Crippen LogP contribution in [-0.4, -0.2) is 65.5 Å². The average Bonchev–Trinajstić information content (AvgIpc) is 2.75. The van der Waals surface area contributed by atoms with Crippen LogP contribution in [0.5, 0.6) is 5.75 Å². The smallest absolute Gasteiger partial charge is 0.244 e. The van der Waals surface area contributed by atoms with Crippen LogP contribution < -0.4 is 20.5 Å². The van der Waals surface area contributed by atoms with Crippen LogP contribution in [0.3, 0.4) is 0 Å². The highest BCUT2D eigenvalue weighted by molar-refractivity contribution is 7.89. The quantitative estimate of drug-likeness (QED) is 0.356. The molecule has 1 aliphatic heterocycles. The zero-order chi connectivity index (χ0) is 22.1. The molecule has 2 rings (SSSR count). The monoisotopic (exact) mass is 438 g/mol. The number of sulfonamides is 1. The number of piperidine rings is 1. The third-order valence-electron chi connectivity index (χ3n) is 5.03. The molecule has 0 saturated carbocycles. The van der Waals surface area contributed by atoms with Gasteiger partial charge in [-0.05, 0) is 63.2 Å². The van der Waals surface area contributed by atoms with Crippen LogP contribution in [-0.2, 0) is 19.6 Å². The number of hydrogen-bond donors (Lipinski definition) is 3. The van der Waals surface area contributed by atoms with Gasteiger partial charge in [-0.25, -0.2) is 13.1 Å². The molecule has 1 aromatic carbocycles. The van der Waals surface area contributed by atoms with Gasteiger partial charge in [0, 0.05) is 19.2 Å². The van der Waals surface area contributed by atoms with E-state index in [1.165, 1.54) is 26.3 Å². The van der Waals surface area contributed by atoms with Crippen molar-refractivity contribution in [1.29, 1.82) is 0 Å². The van der Waals surface area contributed by atoms with E-state index in [0.717, 1.165) is 32.4 Å². The lowest BCUT2D eigenvalue weighted by Crippen LogP contribution is -2.42. The van der Waals surface area contributed by atoms with Crippen molar-refractivity contribution < 1.29 is 22.7 Å². The Labute approximate surface area is 177 Å². The first-order valence-electron chi connectivity index (χ1n) is 9.86. The number of primary amides is 1. The van der Waals surface area contributed by atoms with E-state index in [2.05, 4.69) is 14.9 Å². The minimum Gasteiger partial charge on any atom is -0.495 e. The van der Waals surface area contributed by atoms with E-state index in [1.54, 1.807) is 18.2 Å². The Hall–Kier alpha value is -2.43. The van der Waals surface area contributed by atoms with Crippen LogP contribution in [0, 0.1) is 5.92 Å². The van der Waals surface area contributed by atoms with Crippen LogP contribution >= 0.6 is 0 Å². The fourth-order valence-corrected chi connectivity index (χ4v) is 4.28. The highest BCUT2D eigenvalue weighted by atomic mass is 32.2. The van der Waals surface area contributed by atoms with Crippen LogP contribution in [0.15, 0.2) is 29.2 Å². The normalized spacial score (nSPS) is 17.7. The molecule has 1 unspecified atom stereocenters. The number of likely N-dealkylation sites (tertiary alicyclic amines) is 1. The Bertz CT molecular complexity index is 885. The van der Waals surface area contributed by atoms with E-state index in [9.17, 15) is 18.0 Å². The Morgan fingerprint density at radius 1 is 1.37 bits per heavy atom. The van der Waals surface area contributed by atoms with Crippen LogP contribution in [0.2, 0.25) is 0 Å². The number of nitrogens with zero attached hydrogens (tertiary/aromatic N) is 1. The molecule has 1 aromatic rings. The van der Waals surface area contributed by atoms with Crippen molar-refractivity contribution in [3.63, 3.8) is 0 Å². The Balaban J connectivity index is 1.83. The molecule has 0 radical (unpaired) electrons. The summed E-state index contributed by atoms with van der Waals surface area (Å²) in [6, 6.07) is 4.66. The summed E-state index contributed by atoms with van der Waals surface area (Å²) < 4.78 is 31.6. The van der Waals surface area contributed by atoms with Gasteiger partial charge in [-0.15, -0.1) is 0 Å². The van der Waals surface area contributed by atoms with Gasteiger partial charge in [-0.3, -0.25) is 9.59 Å². The number of nitrogens with one attached hydrogen (secondary N) is 2. The minimum atomic E-state index is -3.68. The van der Waals surface area contributed by atoms with Gasteiger partial charge in [0.05, 0.1) is 13.0 Å². The predicted octanol–water partition coefficient (Wildman–Crippen LogP) is 0.320. The summed E-state index contributed by atoms with van der Waals surface area (Å²) >= 11 is 0. The number of carbonyl (C=O) groups is 2. The van der Waals surface area contributed by atoms with Gasteiger partial charge in [0.1, 0.15) is 10.6 Å². The second kappa shape index (κ2) is 11.1. The van der Waals surface area contributed by atoms with Crippen molar-refractivity contribution in [1.82, 2.24) is 14.9 Å². The first-order valence-corrected chi connectivity index (χ1v) is 11.3. The number of amides is 2. The fourth-order valence-electron chi connectivity index (χ4n) is 3.35. The molecule has 1 aliphatic rings. The average molecular weight is 439 g/mol. The molecular formula is C20H30N4O5S. The van der Waals surface area contributed by atoms with Crippen LogP contribution in [0.1, 0.15) is 24.8 Å². The largest absolute Gasteiger partial charge is 0.495 e. The van der Waals surface area contributed by atoms with E-state index in [4.69, 9.17) is 10.5 Å². The maximum absolute atomic E-state index is 12.1. The summed E-state index contributed by atoms with van der Waals surface area (Å²) in [5.41, 5.74) is 5.95. The van der Waals surface area contributed by atoms with Gasteiger partial charge >= 0.3 is 0 Å². The van der Waals surface area contributed by atoms with Crippen molar-refractivity contribution >= 4 is 27.9 Å². The van der Waals surface area contributed by atoms with E-state index in [-0.39, 0.29) is 28.4 Å². The molecule has 1 fully saturated rings. The summed E-state index contributed by atoms with van der Waals surface area (Å²) in [6.07, 6.45) is 5.47. The van der Waals surface area contributed by atoms with Crippen molar-refractivity contribution in [2.75, 3.05) is 40.3 Å². The van der Waals surface area contributed by atoms with E-state index < -0.39 is 10.0 Å². The Morgan fingerprint density at radius 2 is 2.13 bits per heavy atom. The summed E-state index contributed by atoms with van der Waals surface area (Å²) in [7, 11) is -0.967. The Kier molecular flexibility index (Phi) is 8.82. The number of hydrogen-bond acceptors (Lipinski definition) is 6. The molecular weight excluding hydrogens is 408 g/mol. The number of carbonyl (C=O) groups excluding carboxylic acids is 2. The SMILES string of the molecule is CNS(=O)(=O)c1cc(/C=C/C(=O)NCCCN2CCCC(C(N)=O)C2)ccc1OC. The molecule has 0 aromatic heterocycles. The molecule has 166 valence electrons. The predicted molar refractivity (Wildman–Crippen MR) is 114 cm³/mol. The molecule has 2 amide bonds. The van der Waals surface area contributed by atoms with Crippen molar-refractivity contribution in [2.45, 2.75) is 24.2 Å². The third-order valence-corrected chi connectivity index (χ3v) is 6.47. The minimum absolute atomic E-state index is 0.00542. The molecule has 1 saturated heterocycles. The molecule has 4 N–H and O–H groups in total. The van der Waals surface area contributed by atoms with Gasteiger partial charge in [-0.1, -0.05) is 6.07 Å². The number of nitrogens with two attached hydrogens (primary N) is 1. The lowest BCUT2D eigenvalue weighted by molar-refractivity contribution is -0.123. The topological polar surface area (TPSA) is 131 Å². The van der Waals surface area contributed by atoms with Crippen LogP contribution in [0.25, 0.3) is 6.08 Å². The van der Waals surface area contributed by atoms with Crippen LogP contribution in [0.4, 0.5) is 0 Å². The molecule has 9 nitrogen and oxygen atoms in total. The zero-order valence-electron chi connectivity index (χ0n) is 17.4. The van der Waals surface area contributed by atoms with Gasteiger partial charge in [0.2, 0.25) is 21.8 Å². The summed E-state index contributed by atoms with van der Waals surface area (Å²) in [6.45, 7) is 2.91. The molecule has 1 heterocycles. The van der Waals surface area contributed by atoms with E-state index in [0.29, 0.717) is 18.7 Å². The molecule has 0 aliphatic carbocycles. The maximum Gasteiger partial charge on any atom is 0.244 e. The van der Waals surface area contributed by atoms with Gasteiger partial charge in [0.15, 0.2) is 0 Å². The highest BCUT2D eigenvalue weighted by Crippen LogP contribution is 2.25. The first-order chi connectivity index (χ1) is 14.3. The van der Waals surface area contributed by atoms with Gasteiger partial charge in [-0.2, -0.15) is 0 Å². The standard InChI is InChI=1S/C20H30N4O5S/c1-22-30(27,28)18-13-15(6-8-17(18)29-2)7-9-19(25)23-10-4-12-24-11-3-5-16(14-24)20(21)26/h6-9,13,16,22H,3-5,10-12,14H2,1-2H3,(H2,21,26)(H,23,25)/b9-7+. The summed E-state index contributed by atoms with van der Waals surface area (Å²) in [5.74, 6) is -0.375. The van der Waals surface area contributed by atoms with Crippen molar-refractivity contribution in [2.24, 2.45) is 11.7 Å². The molecule has 0 bridgehead atoms.